The minimum absolute atomic E-state index is 0.0614. The third-order valence-corrected chi connectivity index (χ3v) is 3.62. The van der Waals surface area contributed by atoms with Gasteiger partial charge in [0.05, 0.1) is 4.92 Å². The van der Waals surface area contributed by atoms with Crippen molar-refractivity contribution in [2.75, 3.05) is 18.4 Å². The number of hydrogen-bond acceptors (Lipinski definition) is 5. The van der Waals surface area contributed by atoms with Gasteiger partial charge in [-0.3, -0.25) is 19.6 Å². The number of nitro groups is 1. The van der Waals surface area contributed by atoms with Crippen molar-refractivity contribution in [2.45, 2.75) is 26.3 Å². The van der Waals surface area contributed by atoms with Crippen molar-refractivity contribution in [3.8, 4) is 0 Å². The first-order valence-corrected chi connectivity index (χ1v) is 7.75. The number of rotatable bonds is 8. The van der Waals surface area contributed by atoms with Crippen LogP contribution in [0.5, 0.6) is 0 Å². The first kappa shape index (κ1) is 17.5. The Kier molecular flexibility index (Phi) is 5.89. The zero-order valence-electron chi connectivity index (χ0n) is 13.7. The number of benzene rings is 1. The van der Waals surface area contributed by atoms with Crippen LogP contribution in [0.15, 0.2) is 36.7 Å². The lowest BCUT2D eigenvalue weighted by atomic mass is 10.2. The maximum Gasteiger partial charge on any atom is 0.292 e. The highest BCUT2D eigenvalue weighted by Crippen LogP contribution is 2.25. The van der Waals surface area contributed by atoms with E-state index in [1.165, 1.54) is 6.07 Å². The molecule has 2 rings (SSSR count). The van der Waals surface area contributed by atoms with Crippen LogP contribution in [0, 0.1) is 17.0 Å². The molecule has 0 saturated heterocycles. The van der Waals surface area contributed by atoms with Gasteiger partial charge < -0.3 is 10.6 Å². The molecule has 2 N–H and O–H groups in total. The number of aromatic nitrogens is 2. The van der Waals surface area contributed by atoms with Gasteiger partial charge in [0.25, 0.3) is 5.69 Å². The second-order valence-electron chi connectivity index (χ2n) is 5.51. The van der Waals surface area contributed by atoms with Crippen molar-refractivity contribution in [3.05, 3.63) is 52.3 Å². The summed E-state index contributed by atoms with van der Waals surface area (Å²) in [6.45, 7) is 4.60. The zero-order chi connectivity index (χ0) is 17.5. The van der Waals surface area contributed by atoms with E-state index in [1.807, 2.05) is 13.0 Å². The molecule has 1 aromatic heterocycles. The molecule has 0 aliphatic rings. The highest BCUT2D eigenvalue weighted by Gasteiger charge is 2.15. The number of amides is 1. The van der Waals surface area contributed by atoms with Crippen molar-refractivity contribution >= 4 is 17.3 Å². The SMILES string of the molecule is Cc1ccc(NCCCNC(=O)[C@@H](C)n2cccn2)c([N+](=O)[O-])c1. The predicted molar refractivity (Wildman–Crippen MR) is 90.9 cm³/mol. The third kappa shape index (κ3) is 4.55. The van der Waals surface area contributed by atoms with Gasteiger partial charge in [0, 0.05) is 31.5 Å². The zero-order valence-corrected chi connectivity index (χ0v) is 13.7. The lowest BCUT2D eigenvalue weighted by Crippen LogP contribution is -2.32. The molecule has 0 aliphatic heterocycles. The Labute approximate surface area is 140 Å². The molecule has 0 unspecified atom stereocenters. The molecule has 1 heterocycles. The van der Waals surface area contributed by atoms with E-state index in [1.54, 1.807) is 36.1 Å². The van der Waals surface area contributed by atoms with Crippen molar-refractivity contribution in [1.29, 1.82) is 0 Å². The molecular formula is C16H21N5O3. The fourth-order valence-electron chi connectivity index (χ4n) is 2.24. The fraction of sp³-hybridized carbons (Fsp3) is 0.375. The smallest absolute Gasteiger partial charge is 0.292 e. The number of anilines is 1. The Hall–Kier alpha value is -2.90. The summed E-state index contributed by atoms with van der Waals surface area (Å²) in [6.07, 6.45) is 4.02. The average Bonchev–Trinajstić information content (AvgIpc) is 3.09. The van der Waals surface area contributed by atoms with Gasteiger partial charge in [-0.15, -0.1) is 0 Å². The molecule has 0 radical (unpaired) electrons. The van der Waals surface area contributed by atoms with E-state index in [2.05, 4.69) is 15.7 Å². The molecule has 0 bridgehead atoms. The number of aryl methyl sites for hydroxylation is 1. The van der Waals surface area contributed by atoms with Gasteiger partial charge >= 0.3 is 0 Å². The Morgan fingerprint density at radius 3 is 2.88 bits per heavy atom. The Morgan fingerprint density at radius 1 is 1.42 bits per heavy atom. The van der Waals surface area contributed by atoms with Crippen molar-refractivity contribution in [2.24, 2.45) is 0 Å². The summed E-state index contributed by atoms with van der Waals surface area (Å²) in [5.41, 5.74) is 1.39. The Balaban J connectivity index is 1.76. The molecule has 1 aromatic carbocycles. The van der Waals surface area contributed by atoms with Crippen LogP contribution >= 0.6 is 0 Å². The largest absolute Gasteiger partial charge is 0.379 e. The van der Waals surface area contributed by atoms with Crippen molar-refractivity contribution < 1.29 is 9.72 Å². The van der Waals surface area contributed by atoms with Crippen molar-refractivity contribution in [3.63, 3.8) is 0 Å². The van der Waals surface area contributed by atoms with Crippen LogP contribution in [-0.4, -0.2) is 33.7 Å². The van der Waals surface area contributed by atoms with E-state index in [9.17, 15) is 14.9 Å². The molecule has 24 heavy (non-hydrogen) atoms. The molecule has 0 spiro atoms. The van der Waals surface area contributed by atoms with Crippen molar-refractivity contribution in [1.82, 2.24) is 15.1 Å². The fourth-order valence-corrected chi connectivity index (χ4v) is 2.24. The van der Waals surface area contributed by atoms with Gasteiger partial charge in [-0.2, -0.15) is 5.10 Å². The maximum absolute atomic E-state index is 12.0. The second kappa shape index (κ2) is 8.09. The molecule has 0 aliphatic carbocycles. The molecule has 128 valence electrons. The molecule has 8 nitrogen and oxygen atoms in total. The Morgan fingerprint density at radius 2 is 2.21 bits per heavy atom. The number of carbonyl (C=O) groups excluding carboxylic acids is 1. The van der Waals surface area contributed by atoms with E-state index in [0.29, 0.717) is 25.2 Å². The summed E-state index contributed by atoms with van der Waals surface area (Å²) < 4.78 is 1.59. The third-order valence-electron chi connectivity index (χ3n) is 3.62. The summed E-state index contributed by atoms with van der Waals surface area (Å²) in [7, 11) is 0. The van der Waals surface area contributed by atoms with Gasteiger partial charge in [0.1, 0.15) is 11.7 Å². The minimum Gasteiger partial charge on any atom is -0.379 e. The molecule has 0 fully saturated rings. The van der Waals surface area contributed by atoms with Gasteiger partial charge in [-0.25, -0.2) is 0 Å². The number of nitrogens with one attached hydrogen (secondary N) is 2. The summed E-state index contributed by atoms with van der Waals surface area (Å²) in [6, 6.07) is 6.46. The first-order chi connectivity index (χ1) is 11.5. The molecular weight excluding hydrogens is 310 g/mol. The molecule has 0 saturated carbocycles. The quantitative estimate of drug-likeness (QED) is 0.439. The Bertz CT molecular complexity index is 700. The van der Waals surface area contributed by atoms with Crippen LogP contribution in [-0.2, 0) is 4.79 Å². The number of hydrogen-bond donors (Lipinski definition) is 2. The van der Waals surface area contributed by atoms with Gasteiger partial charge in [0.2, 0.25) is 5.91 Å². The monoisotopic (exact) mass is 331 g/mol. The lowest BCUT2D eigenvalue weighted by molar-refractivity contribution is -0.384. The van der Waals surface area contributed by atoms with E-state index in [4.69, 9.17) is 0 Å². The molecule has 2 aromatic rings. The second-order valence-corrected chi connectivity index (χ2v) is 5.51. The first-order valence-electron chi connectivity index (χ1n) is 7.75. The number of carbonyl (C=O) groups is 1. The normalized spacial score (nSPS) is 11.8. The van der Waals surface area contributed by atoms with Crippen LogP contribution in [0.3, 0.4) is 0 Å². The molecule has 8 heteroatoms. The minimum atomic E-state index is -0.400. The number of nitrogens with zero attached hydrogens (tertiary/aromatic N) is 3. The molecule has 1 amide bonds. The predicted octanol–water partition coefficient (Wildman–Crippen LogP) is 2.28. The average molecular weight is 331 g/mol. The van der Waals surface area contributed by atoms with Crippen LogP contribution < -0.4 is 10.6 Å². The van der Waals surface area contributed by atoms with Gasteiger partial charge in [0.15, 0.2) is 0 Å². The summed E-state index contributed by atoms with van der Waals surface area (Å²) in [4.78, 5) is 22.6. The molecule has 1 atom stereocenters. The summed E-state index contributed by atoms with van der Waals surface area (Å²) in [5, 5.41) is 20.9. The van der Waals surface area contributed by atoms with E-state index < -0.39 is 4.92 Å². The topological polar surface area (TPSA) is 102 Å². The standard InChI is InChI=1S/C16H21N5O3/c1-12-5-6-14(15(11-12)21(23)24)17-7-3-8-18-16(22)13(2)20-10-4-9-19-20/h4-6,9-11,13,17H,3,7-8H2,1-2H3,(H,18,22)/t13-/m1/s1. The van der Waals surface area contributed by atoms with Gasteiger partial charge in [-0.1, -0.05) is 6.07 Å². The maximum atomic E-state index is 12.0. The summed E-state index contributed by atoms with van der Waals surface area (Å²) >= 11 is 0. The highest BCUT2D eigenvalue weighted by atomic mass is 16.6. The van der Waals surface area contributed by atoms with Crippen LogP contribution in [0.25, 0.3) is 0 Å². The summed E-state index contributed by atoms with van der Waals surface area (Å²) in [5.74, 6) is -0.111. The van der Waals surface area contributed by atoms with E-state index in [-0.39, 0.29) is 17.6 Å². The van der Waals surface area contributed by atoms with E-state index >= 15 is 0 Å². The van der Waals surface area contributed by atoms with Crippen LogP contribution in [0.4, 0.5) is 11.4 Å². The van der Waals surface area contributed by atoms with Gasteiger partial charge in [-0.05, 0) is 38.0 Å². The highest BCUT2D eigenvalue weighted by molar-refractivity contribution is 5.79. The van der Waals surface area contributed by atoms with Crippen LogP contribution in [0.1, 0.15) is 24.9 Å². The number of nitro benzene ring substituents is 1. The lowest BCUT2D eigenvalue weighted by Gasteiger charge is -2.13. The van der Waals surface area contributed by atoms with Crippen LogP contribution in [0.2, 0.25) is 0 Å². The van der Waals surface area contributed by atoms with E-state index in [0.717, 1.165) is 5.56 Å².